The number of carbonyl (C=O) groups is 1. The highest BCUT2D eigenvalue weighted by Crippen LogP contribution is 2.19. The average Bonchev–Trinajstić information content (AvgIpc) is 3.08. The normalized spacial score (nSPS) is 19.5. The van der Waals surface area contributed by atoms with Crippen LogP contribution in [0.2, 0.25) is 0 Å². The van der Waals surface area contributed by atoms with Crippen molar-refractivity contribution in [2.24, 2.45) is 0 Å². The summed E-state index contributed by atoms with van der Waals surface area (Å²) in [5, 5.41) is 3.19. The number of piperazine rings is 1. The summed E-state index contributed by atoms with van der Waals surface area (Å²) in [7, 11) is 0. The summed E-state index contributed by atoms with van der Waals surface area (Å²) in [5.74, 6) is 0. The maximum Gasteiger partial charge on any atom is 0.317 e. The third-order valence-electron chi connectivity index (χ3n) is 4.96. The smallest absolute Gasteiger partial charge is 0.317 e. The summed E-state index contributed by atoms with van der Waals surface area (Å²) in [6, 6.07) is 9.35. The number of rotatable bonds is 3. The number of nitrogens with zero attached hydrogens (tertiary/aromatic N) is 2. The van der Waals surface area contributed by atoms with Crippen LogP contribution >= 0.6 is 0 Å². The first kappa shape index (κ1) is 15.2. The zero-order valence-electron chi connectivity index (χ0n) is 13.6. The summed E-state index contributed by atoms with van der Waals surface area (Å²) in [4.78, 5) is 16.6. The number of nitrogens with one attached hydrogen (secondary N) is 1. The Bertz CT molecular complexity index is 486. The first-order chi connectivity index (χ1) is 10.8. The molecule has 2 fully saturated rings. The van der Waals surface area contributed by atoms with Crippen LogP contribution in [0, 0.1) is 0 Å². The second-order valence-corrected chi connectivity index (χ2v) is 6.42. The Balaban J connectivity index is 1.49. The average molecular weight is 301 g/mol. The molecule has 0 unspecified atom stereocenters. The first-order valence-corrected chi connectivity index (χ1v) is 8.65. The Morgan fingerprint density at radius 2 is 1.73 bits per heavy atom. The predicted octanol–water partition coefficient (Wildman–Crippen LogP) is 3.02. The Labute approximate surface area is 133 Å². The number of anilines is 1. The Morgan fingerprint density at radius 1 is 1.09 bits per heavy atom. The lowest BCUT2D eigenvalue weighted by molar-refractivity contribution is 0.190. The Kier molecular flexibility index (Phi) is 4.86. The number of hydrogen-bond acceptors (Lipinski definition) is 2. The standard InChI is InChI=1S/C18H27N3O/c1-2-15-7-9-17(10-8-15)20-11-13-21(14-12-20)18(22)19-16-5-3-4-6-16/h7-10,16H,2-6,11-14H2,1H3,(H,19,22). The molecular formula is C18H27N3O. The van der Waals surface area contributed by atoms with E-state index in [4.69, 9.17) is 0 Å². The van der Waals surface area contributed by atoms with Crippen molar-refractivity contribution in [2.45, 2.75) is 45.1 Å². The molecule has 1 aliphatic heterocycles. The lowest BCUT2D eigenvalue weighted by atomic mass is 10.1. The molecule has 0 radical (unpaired) electrons. The predicted molar refractivity (Wildman–Crippen MR) is 90.4 cm³/mol. The van der Waals surface area contributed by atoms with Crippen LogP contribution in [0.25, 0.3) is 0 Å². The quantitative estimate of drug-likeness (QED) is 0.931. The molecule has 1 aromatic rings. The van der Waals surface area contributed by atoms with Crippen LogP contribution in [0.15, 0.2) is 24.3 Å². The minimum absolute atomic E-state index is 0.132. The summed E-state index contributed by atoms with van der Waals surface area (Å²) in [6.07, 6.45) is 5.89. The van der Waals surface area contributed by atoms with E-state index in [0.717, 1.165) is 45.4 Å². The molecule has 0 spiro atoms. The minimum atomic E-state index is 0.132. The molecule has 2 aliphatic rings. The SMILES string of the molecule is CCc1ccc(N2CCN(C(=O)NC3CCCC3)CC2)cc1. The highest BCUT2D eigenvalue weighted by atomic mass is 16.2. The molecule has 2 amide bonds. The van der Waals surface area contributed by atoms with Gasteiger partial charge >= 0.3 is 6.03 Å². The molecule has 22 heavy (non-hydrogen) atoms. The van der Waals surface area contributed by atoms with Crippen LogP contribution in [-0.4, -0.2) is 43.2 Å². The van der Waals surface area contributed by atoms with E-state index >= 15 is 0 Å². The maximum absolute atomic E-state index is 12.3. The van der Waals surface area contributed by atoms with Crippen molar-refractivity contribution < 1.29 is 4.79 Å². The van der Waals surface area contributed by atoms with Gasteiger partial charge in [0.15, 0.2) is 0 Å². The second kappa shape index (κ2) is 7.03. The van der Waals surface area contributed by atoms with Crippen LogP contribution in [0.1, 0.15) is 38.2 Å². The largest absolute Gasteiger partial charge is 0.368 e. The van der Waals surface area contributed by atoms with Gasteiger partial charge in [0.05, 0.1) is 0 Å². The van der Waals surface area contributed by atoms with E-state index in [9.17, 15) is 4.79 Å². The van der Waals surface area contributed by atoms with E-state index in [1.807, 2.05) is 4.90 Å². The number of aryl methyl sites for hydroxylation is 1. The third-order valence-corrected chi connectivity index (χ3v) is 4.96. The first-order valence-electron chi connectivity index (χ1n) is 8.65. The molecule has 1 aromatic carbocycles. The zero-order valence-corrected chi connectivity index (χ0v) is 13.6. The number of hydrogen-bond donors (Lipinski definition) is 1. The number of benzene rings is 1. The molecular weight excluding hydrogens is 274 g/mol. The Hall–Kier alpha value is -1.71. The van der Waals surface area contributed by atoms with Gasteiger partial charge in [0.2, 0.25) is 0 Å². The topological polar surface area (TPSA) is 35.6 Å². The van der Waals surface area contributed by atoms with Gasteiger partial charge in [0.25, 0.3) is 0 Å². The summed E-state index contributed by atoms with van der Waals surface area (Å²) in [5.41, 5.74) is 2.64. The van der Waals surface area contributed by atoms with Crippen molar-refractivity contribution in [3.63, 3.8) is 0 Å². The van der Waals surface area contributed by atoms with Gasteiger partial charge in [-0.25, -0.2) is 4.79 Å². The van der Waals surface area contributed by atoms with E-state index in [0.29, 0.717) is 6.04 Å². The molecule has 0 atom stereocenters. The van der Waals surface area contributed by atoms with E-state index in [1.54, 1.807) is 0 Å². The van der Waals surface area contributed by atoms with Gasteiger partial charge in [-0.3, -0.25) is 0 Å². The zero-order chi connectivity index (χ0) is 15.4. The van der Waals surface area contributed by atoms with Gasteiger partial charge in [-0.05, 0) is 37.0 Å². The lowest BCUT2D eigenvalue weighted by Gasteiger charge is -2.36. The van der Waals surface area contributed by atoms with Crippen LogP contribution in [-0.2, 0) is 6.42 Å². The molecule has 1 aliphatic carbocycles. The van der Waals surface area contributed by atoms with Crippen molar-refractivity contribution in [3.05, 3.63) is 29.8 Å². The van der Waals surface area contributed by atoms with E-state index < -0.39 is 0 Å². The minimum Gasteiger partial charge on any atom is -0.368 e. The summed E-state index contributed by atoms with van der Waals surface area (Å²) in [6.45, 7) is 5.64. The van der Waals surface area contributed by atoms with Crippen molar-refractivity contribution in [2.75, 3.05) is 31.1 Å². The monoisotopic (exact) mass is 301 g/mol. The van der Waals surface area contributed by atoms with E-state index in [-0.39, 0.29) is 6.03 Å². The van der Waals surface area contributed by atoms with Crippen LogP contribution < -0.4 is 10.2 Å². The van der Waals surface area contributed by atoms with Crippen molar-refractivity contribution >= 4 is 11.7 Å². The molecule has 1 saturated heterocycles. The molecule has 4 heteroatoms. The molecule has 3 rings (SSSR count). The summed E-state index contributed by atoms with van der Waals surface area (Å²) < 4.78 is 0. The van der Waals surface area contributed by atoms with Crippen molar-refractivity contribution in [3.8, 4) is 0 Å². The van der Waals surface area contributed by atoms with Crippen LogP contribution in [0.4, 0.5) is 10.5 Å². The van der Waals surface area contributed by atoms with Crippen molar-refractivity contribution in [1.82, 2.24) is 10.2 Å². The highest BCUT2D eigenvalue weighted by Gasteiger charge is 2.24. The third kappa shape index (κ3) is 3.54. The van der Waals surface area contributed by atoms with Crippen molar-refractivity contribution in [1.29, 1.82) is 0 Å². The van der Waals surface area contributed by atoms with Gasteiger partial charge in [-0.15, -0.1) is 0 Å². The van der Waals surface area contributed by atoms with Gasteiger partial charge in [0, 0.05) is 37.9 Å². The lowest BCUT2D eigenvalue weighted by Crippen LogP contribution is -2.53. The number of amides is 2. The van der Waals surface area contributed by atoms with Gasteiger partial charge in [-0.1, -0.05) is 31.9 Å². The molecule has 1 heterocycles. The van der Waals surface area contributed by atoms with Gasteiger partial charge < -0.3 is 15.1 Å². The van der Waals surface area contributed by atoms with Crippen LogP contribution in [0.3, 0.4) is 0 Å². The molecule has 0 aromatic heterocycles. The van der Waals surface area contributed by atoms with Crippen LogP contribution in [0.5, 0.6) is 0 Å². The van der Waals surface area contributed by atoms with E-state index in [2.05, 4.69) is 41.4 Å². The fourth-order valence-corrected chi connectivity index (χ4v) is 3.45. The summed E-state index contributed by atoms with van der Waals surface area (Å²) >= 11 is 0. The second-order valence-electron chi connectivity index (χ2n) is 6.42. The molecule has 120 valence electrons. The molecule has 1 N–H and O–H groups in total. The Morgan fingerprint density at radius 3 is 2.32 bits per heavy atom. The fourth-order valence-electron chi connectivity index (χ4n) is 3.45. The van der Waals surface area contributed by atoms with Gasteiger partial charge in [-0.2, -0.15) is 0 Å². The fraction of sp³-hybridized carbons (Fsp3) is 0.611. The van der Waals surface area contributed by atoms with E-state index in [1.165, 1.54) is 24.1 Å². The molecule has 4 nitrogen and oxygen atoms in total. The van der Waals surface area contributed by atoms with Gasteiger partial charge in [0.1, 0.15) is 0 Å². The number of carbonyl (C=O) groups excluding carboxylic acids is 1. The maximum atomic E-state index is 12.3. The molecule has 0 bridgehead atoms. The molecule has 1 saturated carbocycles. The highest BCUT2D eigenvalue weighted by molar-refractivity contribution is 5.75. The number of urea groups is 1.